The molecule has 3 rings (SSSR count). The van der Waals surface area contributed by atoms with Gasteiger partial charge in [-0.05, 0) is 42.8 Å². The first-order valence-electron chi connectivity index (χ1n) is 10.1. The number of hydrogen-bond donors (Lipinski definition) is 4. The lowest BCUT2D eigenvalue weighted by Crippen LogP contribution is -2.21. The minimum atomic E-state index is -5.08. The molecular weight excluding hydrogens is 483 g/mol. The van der Waals surface area contributed by atoms with Crippen molar-refractivity contribution in [2.24, 2.45) is 0 Å². The smallest absolute Gasteiger partial charge is 0.484 e. The van der Waals surface area contributed by atoms with Crippen molar-refractivity contribution in [3.8, 4) is 17.0 Å². The van der Waals surface area contributed by atoms with Gasteiger partial charge in [0.2, 0.25) is 11.9 Å². The number of amides is 2. The third-order valence-electron chi connectivity index (χ3n) is 4.18. The predicted octanol–water partition coefficient (Wildman–Crippen LogP) is 3.64. The predicted molar refractivity (Wildman–Crippen MR) is 125 cm³/mol. The normalized spacial score (nSPS) is 10.5. The molecule has 5 N–H and O–H groups in total. The summed E-state index contributed by atoms with van der Waals surface area (Å²) in [4.78, 5) is 40.9. The van der Waals surface area contributed by atoms with E-state index in [1.807, 2.05) is 25.1 Å². The number of nitrogens with one attached hydrogen (secondary N) is 2. The lowest BCUT2D eigenvalue weighted by atomic mass is 10.1. The van der Waals surface area contributed by atoms with Crippen LogP contribution >= 0.6 is 0 Å². The largest absolute Gasteiger partial charge is 0.490 e. The summed E-state index contributed by atoms with van der Waals surface area (Å²) in [6, 6.07) is 14.3. The number of aromatic nitrogens is 2. The molecular formula is C23H22F3N5O5. The summed E-state index contributed by atoms with van der Waals surface area (Å²) >= 11 is 0. The van der Waals surface area contributed by atoms with E-state index >= 15 is 0 Å². The number of aliphatic carboxylic acids is 1. The summed E-state index contributed by atoms with van der Waals surface area (Å²) in [5.41, 5.74) is 8.89. The molecule has 0 bridgehead atoms. The second-order valence-corrected chi connectivity index (χ2v) is 7.20. The molecule has 2 amide bonds. The fourth-order valence-corrected chi connectivity index (χ4v) is 2.68. The Morgan fingerprint density at radius 3 is 2.33 bits per heavy atom. The van der Waals surface area contributed by atoms with Crippen molar-refractivity contribution in [3.63, 3.8) is 0 Å². The Bertz CT molecular complexity index is 1250. The van der Waals surface area contributed by atoms with E-state index in [2.05, 4.69) is 20.6 Å². The fourth-order valence-electron chi connectivity index (χ4n) is 2.68. The van der Waals surface area contributed by atoms with E-state index in [9.17, 15) is 22.8 Å². The molecule has 190 valence electrons. The van der Waals surface area contributed by atoms with Gasteiger partial charge in [0.05, 0.1) is 17.1 Å². The third-order valence-corrected chi connectivity index (χ3v) is 4.18. The van der Waals surface area contributed by atoms with Crippen LogP contribution in [-0.2, 0) is 14.4 Å². The first-order chi connectivity index (χ1) is 16.8. The highest BCUT2D eigenvalue weighted by molar-refractivity contribution is 6.00. The number of benzene rings is 2. The molecule has 0 saturated heterocycles. The van der Waals surface area contributed by atoms with Gasteiger partial charge >= 0.3 is 12.1 Å². The van der Waals surface area contributed by atoms with E-state index in [1.165, 1.54) is 6.92 Å². The molecule has 13 heteroatoms. The second-order valence-electron chi connectivity index (χ2n) is 7.20. The zero-order valence-electron chi connectivity index (χ0n) is 19.1. The number of anilines is 3. The minimum Gasteiger partial charge on any atom is -0.484 e. The zero-order chi connectivity index (χ0) is 26.9. The lowest BCUT2D eigenvalue weighted by molar-refractivity contribution is -0.192. The molecule has 36 heavy (non-hydrogen) atoms. The van der Waals surface area contributed by atoms with Crippen LogP contribution in [0.4, 0.5) is 30.5 Å². The van der Waals surface area contributed by atoms with Crippen molar-refractivity contribution in [2.45, 2.75) is 20.0 Å². The Balaban J connectivity index is 0.000000572. The van der Waals surface area contributed by atoms with Crippen molar-refractivity contribution in [2.75, 3.05) is 23.0 Å². The van der Waals surface area contributed by atoms with Gasteiger partial charge in [0, 0.05) is 18.7 Å². The van der Waals surface area contributed by atoms with Crippen LogP contribution in [-0.4, -0.2) is 45.6 Å². The number of nitrogens with two attached hydrogens (primary N) is 1. The molecule has 0 aliphatic carbocycles. The quantitative estimate of drug-likeness (QED) is 0.396. The van der Waals surface area contributed by atoms with Crippen LogP contribution < -0.4 is 21.1 Å². The number of rotatable bonds is 6. The Hall–Kier alpha value is -4.68. The standard InChI is InChI=1S/C21H21N5O3.C2HF3O2/c1-13-4-3-5-16(10-13)29-12-20(28)25-18-7-6-15(11-19(18)24-14(2)27)17-8-9-23-21(22)26-17;3-2(4,5)1(6)7/h3-11H,12H2,1-2H3,(H,24,27)(H,25,28)(H2,22,23,26);(H,6,7). The minimum absolute atomic E-state index is 0.147. The number of carboxylic acids is 1. The average molecular weight is 505 g/mol. The van der Waals surface area contributed by atoms with Crippen LogP contribution in [0.15, 0.2) is 54.7 Å². The van der Waals surface area contributed by atoms with Gasteiger partial charge in [-0.3, -0.25) is 9.59 Å². The number of halogens is 3. The van der Waals surface area contributed by atoms with Crippen LogP contribution in [0.5, 0.6) is 5.75 Å². The van der Waals surface area contributed by atoms with Crippen LogP contribution in [0.3, 0.4) is 0 Å². The van der Waals surface area contributed by atoms with Gasteiger partial charge in [0.1, 0.15) is 5.75 Å². The van der Waals surface area contributed by atoms with Crippen molar-refractivity contribution in [1.82, 2.24) is 9.97 Å². The van der Waals surface area contributed by atoms with E-state index in [-0.39, 0.29) is 24.4 Å². The van der Waals surface area contributed by atoms with Gasteiger partial charge in [0.25, 0.3) is 5.91 Å². The van der Waals surface area contributed by atoms with Gasteiger partial charge in [-0.15, -0.1) is 0 Å². The molecule has 3 aromatic rings. The van der Waals surface area contributed by atoms with Gasteiger partial charge in [-0.25, -0.2) is 14.8 Å². The molecule has 1 aromatic heterocycles. The highest BCUT2D eigenvalue weighted by Gasteiger charge is 2.38. The maximum absolute atomic E-state index is 12.3. The van der Waals surface area contributed by atoms with Crippen LogP contribution in [0.25, 0.3) is 11.3 Å². The van der Waals surface area contributed by atoms with Crippen molar-refractivity contribution >= 4 is 35.1 Å². The van der Waals surface area contributed by atoms with Gasteiger partial charge < -0.3 is 26.2 Å². The topological polar surface area (TPSA) is 157 Å². The monoisotopic (exact) mass is 505 g/mol. The second kappa shape index (κ2) is 12.1. The van der Waals surface area contributed by atoms with Gasteiger partial charge in [-0.1, -0.05) is 18.2 Å². The molecule has 0 aliphatic heterocycles. The average Bonchev–Trinajstić information content (AvgIpc) is 2.78. The SMILES string of the molecule is CC(=O)Nc1cc(-c2ccnc(N)n2)ccc1NC(=O)COc1cccc(C)c1.O=C(O)C(F)(F)F. The number of aryl methyl sites for hydroxylation is 1. The molecule has 0 aliphatic rings. The first kappa shape index (κ1) is 27.6. The molecule has 0 radical (unpaired) electrons. The number of carbonyl (C=O) groups excluding carboxylic acids is 2. The number of alkyl halides is 3. The third kappa shape index (κ3) is 8.93. The molecule has 2 aromatic carbocycles. The van der Waals surface area contributed by atoms with Gasteiger partial charge in [0.15, 0.2) is 6.61 Å². The maximum Gasteiger partial charge on any atom is 0.490 e. The first-order valence-corrected chi connectivity index (χ1v) is 10.1. The summed E-state index contributed by atoms with van der Waals surface area (Å²) in [6.45, 7) is 3.18. The number of nitrogens with zero attached hydrogens (tertiary/aromatic N) is 2. The molecule has 0 spiro atoms. The van der Waals surface area contributed by atoms with Crippen molar-refractivity contribution in [3.05, 3.63) is 60.3 Å². The summed E-state index contributed by atoms with van der Waals surface area (Å²) in [6.07, 6.45) is -3.53. The highest BCUT2D eigenvalue weighted by Crippen LogP contribution is 2.28. The Morgan fingerprint density at radius 1 is 1.06 bits per heavy atom. The van der Waals surface area contributed by atoms with Crippen LogP contribution in [0.1, 0.15) is 12.5 Å². The number of ether oxygens (including phenoxy) is 1. The highest BCUT2D eigenvalue weighted by atomic mass is 19.4. The molecule has 0 atom stereocenters. The summed E-state index contributed by atoms with van der Waals surface area (Å²) in [5.74, 6) is -2.62. The molecule has 0 saturated carbocycles. The van der Waals surface area contributed by atoms with Crippen LogP contribution in [0, 0.1) is 6.92 Å². The van der Waals surface area contributed by atoms with E-state index in [4.69, 9.17) is 20.4 Å². The van der Waals surface area contributed by atoms with E-state index < -0.39 is 12.1 Å². The molecule has 0 fully saturated rings. The Kier molecular flexibility index (Phi) is 9.30. The summed E-state index contributed by atoms with van der Waals surface area (Å²) < 4.78 is 37.3. The zero-order valence-corrected chi connectivity index (χ0v) is 19.1. The molecule has 10 nitrogen and oxygen atoms in total. The van der Waals surface area contributed by atoms with E-state index in [0.717, 1.165) is 11.1 Å². The van der Waals surface area contributed by atoms with Gasteiger partial charge in [-0.2, -0.15) is 13.2 Å². The summed E-state index contributed by atoms with van der Waals surface area (Å²) in [7, 11) is 0. The lowest BCUT2D eigenvalue weighted by Gasteiger charge is -2.14. The van der Waals surface area contributed by atoms with Crippen molar-refractivity contribution in [1.29, 1.82) is 0 Å². The Labute approximate surface area is 203 Å². The number of carbonyl (C=O) groups is 3. The fraction of sp³-hybridized carbons (Fsp3) is 0.174. The van der Waals surface area contributed by atoms with Crippen LogP contribution in [0.2, 0.25) is 0 Å². The van der Waals surface area contributed by atoms with E-state index in [0.29, 0.717) is 22.8 Å². The number of carboxylic acid groups (broad SMARTS) is 1. The molecule has 1 heterocycles. The molecule has 0 unspecified atom stereocenters. The summed E-state index contributed by atoms with van der Waals surface area (Å²) in [5, 5.41) is 12.6. The number of nitrogen functional groups attached to an aromatic ring is 1. The number of hydrogen-bond acceptors (Lipinski definition) is 7. The van der Waals surface area contributed by atoms with Crippen molar-refractivity contribution < 1.29 is 37.4 Å². The Morgan fingerprint density at radius 2 is 1.75 bits per heavy atom. The maximum atomic E-state index is 12.3. The van der Waals surface area contributed by atoms with E-state index in [1.54, 1.807) is 36.5 Å².